The molecule has 1 N–H and O–H groups in total. The smallest absolute Gasteiger partial charge is 0.101 e. The maximum atomic E-state index is 8.88. The maximum absolute atomic E-state index is 8.88. The van der Waals surface area contributed by atoms with Crippen LogP contribution in [-0.4, -0.2) is 6.04 Å². The van der Waals surface area contributed by atoms with Crippen molar-refractivity contribution in [3.63, 3.8) is 0 Å². The molecular weight excluding hydrogens is 172 g/mol. The SMILES string of the molecule is CCC1CC1Nc1ccccc1C#N. The van der Waals surface area contributed by atoms with Gasteiger partial charge in [-0.1, -0.05) is 25.5 Å². The average molecular weight is 186 g/mol. The molecule has 1 aliphatic carbocycles. The van der Waals surface area contributed by atoms with Crippen molar-refractivity contribution in [3.8, 4) is 6.07 Å². The Hall–Kier alpha value is -1.49. The standard InChI is InChI=1S/C12H14N2/c1-2-9-7-12(9)14-11-6-4-3-5-10(11)8-13/h3-6,9,12,14H,2,7H2,1H3. The van der Waals surface area contributed by atoms with Crippen molar-refractivity contribution in [1.29, 1.82) is 5.26 Å². The number of hydrogen-bond acceptors (Lipinski definition) is 2. The van der Waals surface area contributed by atoms with Crippen molar-refractivity contribution in [2.24, 2.45) is 5.92 Å². The Kier molecular flexibility index (Phi) is 2.41. The molecule has 1 fully saturated rings. The van der Waals surface area contributed by atoms with Crippen LogP contribution in [0.1, 0.15) is 25.3 Å². The van der Waals surface area contributed by atoms with E-state index in [2.05, 4.69) is 18.3 Å². The van der Waals surface area contributed by atoms with Crippen molar-refractivity contribution in [2.75, 3.05) is 5.32 Å². The van der Waals surface area contributed by atoms with Crippen LogP contribution in [-0.2, 0) is 0 Å². The Morgan fingerprint density at radius 2 is 2.29 bits per heavy atom. The Morgan fingerprint density at radius 1 is 1.50 bits per heavy atom. The van der Waals surface area contributed by atoms with Gasteiger partial charge in [-0.2, -0.15) is 5.26 Å². The largest absolute Gasteiger partial charge is 0.381 e. The number of rotatable bonds is 3. The third-order valence-corrected chi connectivity index (χ3v) is 2.84. The van der Waals surface area contributed by atoms with Crippen molar-refractivity contribution in [3.05, 3.63) is 29.8 Å². The van der Waals surface area contributed by atoms with Crippen LogP contribution in [0.5, 0.6) is 0 Å². The minimum atomic E-state index is 0.592. The lowest BCUT2D eigenvalue weighted by atomic mass is 10.2. The summed E-state index contributed by atoms with van der Waals surface area (Å²) in [5.41, 5.74) is 1.73. The van der Waals surface area contributed by atoms with Gasteiger partial charge in [-0.05, 0) is 24.5 Å². The first-order chi connectivity index (χ1) is 6.85. The molecule has 2 unspecified atom stereocenters. The summed E-state index contributed by atoms with van der Waals surface area (Å²) in [6.45, 7) is 2.21. The molecule has 14 heavy (non-hydrogen) atoms. The molecule has 72 valence electrons. The molecular formula is C12H14N2. The summed E-state index contributed by atoms with van der Waals surface area (Å²) < 4.78 is 0. The number of nitrogens with zero attached hydrogens (tertiary/aromatic N) is 1. The topological polar surface area (TPSA) is 35.8 Å². The molecule has 1 aromatic rings. The molecule has 2 rings (SSSR count). The first-order valence-electron chi connectivity index (χ1n) is 5.10. The van der Waals surface area contributed by atoms with E-state index in [1.54, 1.807) is 0 Å². The zero-order chi connectivity index (χ0) is 9.97. The predicted octanol–water partition coefficient (Wildman–Crippen LogP) is 2.77. The highest BCUT2D eigenvalue weighted by atomic mass is 15.0. The average Bonchev–Trinajstić information content (AvgIpc) is 2.97. The summed E-state index contributed by atoms with van der Waals surface area (Å²) in [6, 6.07) is 10.5. The molecule has 0 aliphatic heterocycles. The lowest BCUT2D eigenvalue weighted by molar-refractivity contribution is 0.775. The maximum Gasteiger partial charge on any atom is 0.101 e. The van der Waals surface area contributed by atoms with Crippen LogP contribution in [0.4, 0.5) is 5.69 Å². The van der Waals surface area contributed by atoms with Crippen LogP contribution in [0.25, 0.3) is 0 Å². The highest BCUT2D eigenvalue weighted by Crippen LogP contribution is 2.36. The summed E-state index contributed by atoms with van der Waals surface area (Å²) in [6.07, 6.45) is 2.47. The van der Waals surface area contributed by atoms with Gasteiger partial charge >= 0.3 is 0 Å². The fraction of sp³-hybridized carbons (Fsp3) is 0.417. The molecule has 0 aromatic heterocycles. The van der Waals surface area contributed by atoms with Gasteiger partial charge in [0, 0.05) is 6.04 Å². The van der Waals surface area contributed by atoms with E-state index in [1.165, 1.54) is 12.8 Å². The second kappa shape index (κ2) is 3.71. The number of anilines is 1. The second-order valence-electron chi connectivity index (χ2n) is 3.81. The third kappa shape index (κ3) is 1.72. The van der Waals surface area contributed by atoms with Crippen molar-refractivity contribution >= 4 is 5.69 Å². The zero-order valence-corrected chi connectivity index (χ0v) is 8.33. The van der Waals surface area contributed by atoms with Crippen LogP contribution in [0.2, 0.25) is 0 Å². The summed E-state index contributed by atoms with van der Waals surface area (Å²) in [4.78, 5) is 0. The highest BCUT2D eigenvalue weighted by Gasteiger charge is 2.35. The van der Waals surface area contributed by atoms with Crippen molar-refractivity contribution < 1.29 is 0 Å². The molecule has 0 amide bonds. The van der Waals surface area contributed by atoms with Gasteiger partial charge in [-0.25, -0.2) is 0 Å². The van der Waals surface area contributed by atoms with Crippen LogP contribution in [0.15, 0.2) is 24.3 Å². The Morgan fingerprint density at radius 3 is 2.93 bits per heavy atom. The zero-order valence-electron chi connectivity index (χ0n) is 8.33. The van der Waals surface area contributed by atoms with Gasteiger partial charge in [-0.3, -0.25) is 0 Å². The molecule has 2 atom stereocenters. The van der Waals surface area contributed by atoms with E-state index in [-0.39, 0.29) is 0 Å². The van der Waals surface area contributed by atoms with Crippen molar-refractivity contribution in [2.45, 2.75) is 25.8 Å². The first kappa shape index (κ1) is 9.08. The normalized spacial score (nSPS) is 24.0. The molecule has 2 heteroatoms. The second-order valence-corrected chi connectivity index (χ2v) is 3.81. The van der Waals surface area contributed by atoms with Gasteiger partial charge in [0.15, 0.2) is 0 Å². The summed E-state index contributed by atoms with van der Waals surface area (Å²) in [5, 5.41) is 12.3. The molecule has 1 aliphatic rings. The Labute approximate surface area is 84.6 Å². The highest BCUT2D eigenvalue weighted by molar-refractivity contribution is 5.58. The van der Waals surface area contributed by atoms with Gasteiger partial charge in [-0.15, -0.1) is 0 Å². The first-order valence-corrected chi connectivity index (χ1v) is 5.10. The lowest BCUT2D eigenvalue weighted by Crippen LogP contribution is -2.05. The van der Waals surface area contributed by atoms with Gasteiger partial charge in [0.1, 0.15) is 6.07 Å². The molecule has 0 saturated heterocycles. The van der Waals surface area contributed by atoms with E-state index in [1.807, 2.05) is 24.3 Å². The van der Waals surface area contributed by atoms with Crippen LogP contribution in [0, 0.1) is 17.2 Å². The van der Waals surface area contributed by atoms with Crippen LogP contribution in [0.3, 0.4) is 0 Å². The minimum Gasteiger partial charge on any atom is -0.381 e. The Bertz CT molecular complexity index is 365. The molecule has 1 saturated carbocycles. The molecule has 0 radical (unpaired) electrons. The van der Waals surface area contributed by atoms with Gasteiger partial charge < -0.3 is 5.32 Å². The number of para-hydroxylation sites is 1. The van der Waals surface area contributed by atoms with E-state index in [9.17, 15) is 0 Å². The predicted molar refractivity (Wildman–Crippen MR) is 57.0 cm³/mol. The molecule has 0 heterocycles. The monoisotopic (exact) mass is 186 g/mol. The number of nitriles is 1. The Balaban J connectivity index is 2.07. The summed E-state index contributed by atoms with van der Waals surface area (Å²) in [7, 11) is 0. The van der Waals surface area contributed by atoms with Gasteiger partial charge in [0.05, 0.1) is 11.3 Å². The van der Waals surface area contributed by atoms with Crippen molar-refractivity contribution in [1.82, 2.24) is 0 Å². The van der Waals surface area contributed by atoms with E-state index in [4.69, 9.17) is 5.26 Å². The third-order valence-electron chi connectivity index (χ3n) is 2.84. The molecule has 0 bridgehead atoms. The van der Waals surface area contributed by atoms with E-state index in [0.29, 0.717) is 6.04 Å². The quantitative estimate of drug-likeness (QED) is 0.787. The summed E-state index contributed by atoms with van der Waals surface area (Å²) in [5.74, 6) is 0.807. The molecule has 1 aromatic carbocycles. The summed E-state index contributed by atoms with van der Waals surface area (Å²) >= 11 is 0. The lowest BCUT2D eigenvalue weighted by Gasteiger charge is -2.06. The fourth-order valence-electron chi connectivity index (χ4n) is 1.78. The number of nitrogens with one attached hydrogen (secondary N) is 1. The molecule has 2 nitrogen and oxygen atoms in total. The number of benzene rings is 1. The van der Waals surface area contributed by atoms with E-state index >= 15 is 0 Å². The van der Waals surface area contributed by atoms with Gasteiger partial charge in [0.2, 0.25) is 0 Å². The van der Waals surface area contributed by atoms with E-state index in [0.717, 1.165) is 17.2 Å². The minimum absolute atomic E-state index is 0.592. The van der Waals surface area contributed by atoms with Gasteiger partial charge in [0.25, 0.3) is 0 Å². The van der Waals surface area contributed by atoms with E-state index < -0.39 is 0 Å². The molecule has 0 spiro atoms. The fourth-order valence-corrected chi connectivity index (χ4v) is 1.78. The van der Waals surface area contributed by atoms with Crippen LogP contribution >= 0.6 is 0 Å². The van der Waals surface area contributed by atoms with Crippen LogP contribution < -0.4 is 5.32 Å². The number of hydrogen-bond donors (Lipinski definition) is 1.